The van der Waals surface area contributed by atoms with Gasteiger partial charge < -0.3 is 14.8 Å². The Morgan fingerprint density at radius 3 is 2.43 bits per heavy atom. The molecule has 1 rings (SSSR count). The molecule has 0 fully saturated rings. The molecule has 2 N–H and O–H groups in total. The van der Waals surface area contributed by atoms with E-state index in [9.17, 15) is 14.4 Å². The fourth-order valence-electron chi connectivity index (χ4n) is 1.56. The highest BCUT2D eigenvalue weighted by Crippen LogP contribution is 2.12. The number of hydrogen-bond acceptors (Lipinski definition) is 5. The first-order valence-corrected chi connectivity index (χ1v) is 7.07. The summed E-state index contributed by atoms with van der Waals surface area (Å²) in [6, 6.07) is 6.43. The van der Waals surface area contributed by atoms with Gasteiger partial charge in [0, 0.05) is 12.6 Å². The number of ether oxygens (including phenoxy) is 2. The van der Waals surface area contributed by atoms with Gasteiger partial charge in [-0.15, -0.1) is 0 Å². The van der Waals surface area contributed by atoms with E-state index in [1.165, 1.54) is 13.0 Å². The normalized spacial score (nSPS) is 11.6. The van der Waals surface area contributed by atoms with E-state index in [2.05, 4.69) is 10.6 Å². The van der Waals surface area contributed by atoms with Crippen molar-refractivity contribution in [1.82, 2.24) is 10.6 Å². The van der Waals surface area contributed by atoms with Crippen LogP contribution >= 0.6 is 0 Å². The summed E-state index contributed by atoms with van der Waals surface area (Å²) in [6.45, 7) is 3.49. The van der Waals surface area contributed by atoms with E-state index in [-0.39, 0.29) is 0 Å². The van der Waals surface area contributed by atoms with Gasteiger partial charge in [-0.1, -0.05) is 12.1 Å². The van der Waals surface area contributed by atoms with Crippen molar-refractivity contribution in [3.05, 3.63) is 35.9 Å². The summed E-state index contributed by atoms with van der Waals surface area (Å²) in [5, 5.41) is 4.47. The van der Waals surface area contributed by atoms with Gasteiger partial charge in [-0.3, -0.25) is 10.1 Å². The zero-order valence-corrected chi connectivity index (χ0v) is 13.3. The molecule has 1 aromatic carbocycles. The molecule has 0 bridgehead atoms. The fraction of sp³-hybridized carbons (Fsp3) is 0.312. The first-order chi connectivity index (χ1) is 11.0. The van der Waals surface area contributed by atoms with Crippen LogP contribution in [0.5, 0.6) is 5.75 Å². The monoisotopic (exact) mass is 320 g/mol. The molecule has 0 saturated heterocycles. The molecule has 23 heavy (non-hydrogen) atoms. The van der Waals surface area contributed by atoms with Gasteiger partial charge >= 0.3 is 12.0 Å². The van der Waals surface area contributed by atoms with E-state index in [1.54, 1.807) is 44.4 Å². The molecule has 0 heterocycles. The van der Waals surface area contributed by atoms with Crippen LogP contribution in [0.15, 0.2) is 30.3 Å². The number of benzene rings is 1. The van der Waals surface area contributed by atoms with Gasteiger partial charge in [-0.05, 0) is 37.6 Å². The standard InChI is InChI=1S/C16H20N2O5/c1-4-17-16(21)18-15(20)11(2)23-14(19)10-7-12-5-8-13(22-3)9-6-12/h5-11H,4H2,1-3H3,(H2,17,18,20,21)/b10-7+/t11-/m1/s1. The Bertz CT molecular complexity index is 581. The van der Waals surface area contributed by atoms with Gasteiger partial charge in [0.25, 0.3) is 5.91 Å². The number of carbonyl (C=O) groups excluding carboxylic acids is 3. The molecular formula is C16H20N2O5. The second-order valence-electron chi connectivity index (χ2n) is 4.53. The zero-order valence-electron chi connectivity index (χ0n) is 13.3. The molecule has 7 nitrogen and oxygen atoms in total. The first kappa shape index (κ1) is 18.2. The molecule has 0 saturated carbocycles. The number of rotatable bonds is 6. The van der Waals surface area contributed by atoms with Crippen molar-refractivity contribution < 1.29 is 23.9 Å². The molecule has 0 radical (unpaired) electrons. The third-order valence-corrected chi connectivity index (χ3v) is 2.76. The molecule has 7 heteroatoms. The number of imide groups is 1. The topological polar surface area (TPSA) is 93.7 Å². The van der Waals surface area contributed by atoms with Crippen LogP contribution in [0.4, 0.5) is 4.79 Å². The Kier molecular flexibility index (Phi) is 7.32. The molecule has 0 aromatic heterocycles. The molecule has 0 aliphatic heterocycles. The first-order valence-electron chi connectivity index (χ1n) is 7.07. The second kappa shape index (κ2) is 9.24. The molecule has 1 aromatic rings. The van der Waals surface area contributed by atoms with Gasteiger partial charge in [-0.2, -0.15) is 0 Å². The van der Waals surface area contributed by atoms with Crippen LogP contribution in [0.2, 0.25) is 0 Å². The highest BCUT2D eigenvalue weighted by molar-refractivity contribution is 5.98. The number of hydrogen-bond donors (Lipinski definition) is 2. The van der Waals surface area contributed by atoms with E-state index in [1.807, 2.05) is 0 Å². The van der Waals surface area contributed by atoms with Crippen LogP contribution in [-0.4, -0.2) is 37.7 Å². The molecule has 0 aliphatic rings. The lowest BCUT2D eigenvalue weighted by Crippen LogP contribution is -2.44. The smallest absolute Gasteiger partial charge is 0.331 e. The molecule has 0 aliphatic carbocycles. The zero-order chi connectivity index (χ0) is 17.2. The van der Waals surface area contributed by atoms with Gasteiger partial charge in [0.05, 0.1) is 7.11 Å². The van der Waals surface area contributed by atoms with Gasteiger partial charge in [-0.25, -0.2) is 9.59 Å². The minimum Gasteiger partial charge on any atom is -0.497 e. The average Bonchev–Trinajstić information content (AvgIpc) is 2.53. The van der Waals surface area contributed by atoms with Gasteiger partial charge in [0.15, 0.2) is 6.10 Å². The van der Waals surface area contributed by atoms with E-state index in [0.29, 0.717) is 12.3 Å². The number of carbonyl (C=O) groups is 3. The number of esters is 1. The number of methoxy groups -OCH3 is 1. The SMILES string of the molecule is CCNC(=O)NC(=O)[C@@H](C)OC(=O)/C=C/c1ccc(OC)cc1. The minimum atomic E-state index is -1.08. The molecule has 0 unspecified atom stereocenters. The maximum absolute atomic E-state index is 11.7. The maximum Gasteiger partial charge on any atom is 0.331 e. The lowest BCUT2D eigenvalue weighted by molar-refractivity contribution is -0.149. The van der Waals surface area contributed by atoms with Crippen molar-refractivity contribution in [3.8, 4) is 5.75 Å². The van der Waals surface area contributed by atoms with Crippen molar-refractivity contribution in [1.29, 1.82) is 0 Å². The Morgan fingerprint density at radius 2 is 1.87 bits per heavy atom. The van der Waals surface area contributed by atoms with E-state index in [0.717, 1.165) is 5.56 Å². The third kappa shape index (κ3) is 6.64. The summed E-state index contributed by atoms with van der Waals surface area (Å²) >= 11 is 0. The van der Waals surface area contributed by atoms with E-state index in [4.69, 9.17) is 9.47 Å². The predicted octanol–water partition coefficient (Wildman–Crippen LogP) is 1.49. The van der Waals surface area contributed by atoms with Crippen molar-refractivity contribution in [2.24, 2.45) is 0 Å². The minimum absolute atomic E-state index is 0.387. The van der Waals surface area contributed by atoms with Gasteiger partial charge in [0.1, 0.15) is 5.75 Å². The Hall–Kier alpha value is -2.83. The van der Waals surface area contributed by atoms with Gasteiger partial charge in [0.2, 0.25) is 0 Å². The van der Waals surface area contributed by atoms with E-state index >= 15 is 0 Å². The summed E-state index contributed by atoms with van der Waals surface area (Å²) in [4.78, 5) is 34.5. The Balaban J connectivity index is 2.49. The van der Waals surface area contributed by atoms with Crippen molar-refractivity contribution in [3.63, 3.8) is 0 Å². The Labute approximate surface area is 134 Å². The molecule has 1 atom stereocenters. The summed E-state index contributed by atoms with van der Waals surface area (Å²) in [7, 11) is 1.56. The maximum atomic E-state index is 11.7. The summed E-state index contributed by atoms with van der Waals surface area (Å²) in [6.07, 6.45) is 1.68. The van der Waals surface area contributed by atoms with Crippen LogP contribution in [-0.2, 0) is 14.3 Å². The third-order valence-electron chi connectivity index (χ3n) is 2.76. The highest BCUT2D eigenvalue weighted by Gasteiger charge is 2.18. The number of urea groups is 1. The van der Waals surface area contributed by atoms with Crippen LogP contribution in [0.1, 0.15) is 19.4 Å². The Morgan fingerprint density at radius 1 is 1.22 bits per heavy atom. The summed E-state index contributed by atoms with van der Waals surface area (Å²) in [5.41, 5.74) is 0.780. The van der Waals surface area contributed by atoms with Crippen LogP contribution < -0.4 is 15.4 Å². The van der Waals surface area contributed by atoms with Crippen molar-refractivity contribution in [2.45, 2.75) is 20.0 Å². The fourth-order valence-corrected chi connectivity index (χ4v) is 1.56. The lowest BCUT2D eigenvalue weighted by atomic mass is 10.2. The quantitative estimate of drug-likeness (QED) is 0.612. The molecule has 3 amide bonds. The second-order valence-corrected chi connectivity index (χ2v) is 4.53. The van der Waals surface area contributed by atoms with Crippen molar-refractivity contribution >= 4 is 24.0 Å². The summed E-state index contributed by atoms with van der Waals surface area (Å²) in [5.74, 6) is -0.665. The average molecular weight is 320 g/mol. The number of nitrogens with one attached hydrogen (secondary N) is 2. The highest BCUT2D eigenvalue weighted by atomic mass is 16.5. The van der Waals surface area contributed by atoms with Crippen LogP contribution in [0.3, 0.4) is 0 Å². The largest absolute Gasteiger partial charge is 0.497 e. The predicted molar refractivity (Wildman–Crippen MR) is 84.8 cm³/mol. The van der Waals surface area contributed by atoms with Crippen molar-refractivity contribution in [2.75, 3.05) is 13.7 Å². The van der Waals surface area contributed by atoms with Crippen LogP contribution in [0.25, 0.3) is 6.08 Å². The summed E-state index contributed by atoms with van der Waals surface area (Å²) < 4.78 is 9.95. The molecule has 124 valence electrons. The number of amides is 3. The lowest BCUT2D eigenvalue weighted by Gasteiger charge is -2.11. The van der Waals surface area contributed by atoms with E-state index < -0.39 is 24.0 Å². The van der Waals surface area contributed by atoms with Crippen LogP contribution in [0, 0.1) is 0 Å². The molecular weight excluding hydrogens is 300 g/mol. The molecule has 0 spiro atoms.